The van der Waals surface area contributed by atoms with E-state index in [2.05, 4.69) is 150 Å². The van der Waals surface area contributed by atoms with E-state index in [0.717, 1.165) is 9.37 Å². The molecule has 0 amide bonds. The second-order valence-corrected chi connectivity index (χ2v) is 15.0. The zero-order valence-corrected chi connectivity index (χ0v) is 34.1. The van der Waals surface area contributed by atoms with E-state index in [1.807, 2.05) is 36.0 Å². The van der Waals surface area contributed by atoms with Gasteiger partial charge in [-0.1, -0.05) is 77.8 Å². The molecule has 0 bridgehead atoms. The van der Waals surface area contributed by atoms with Gasteiger partial charge in [-0.25, -0.2) is 0 Å². The van der Waals surface area contributed by atoms with Crippen LogP contribution in [0.2, 0.25) is 0 Å². The van der Waals surface area contributed by atoms with Crippen LogP contribution < -0.4 is 27.2 Å². The standard InChI is InChI=1S/C19H23NS.C8H9I.C6H5BrS.C5H11N.BrH/c1-15-10-11-18(16(2)14-15)21-19-9-5-4-8-17(19)20-12-6-3-7-13-20;1-6-3-4-8(9)7(2)5-6;7-5-3-1-2-4-6(5)8;1-2-4-6-5-3-1;/h4-5,8-11,14H,3,6-7,12-13H2,1-2H3;3-5H,1-2H3;1-4,8H;6H,1-5H2;1H/p-1. The summed E-state index contributed by atoms with van der Waals surface area (Å²) in [6.07, 6.45) is 8.24. The molecule has 2 aliphatic heterocycles. The lowest BCUT2D eigenvalue weighted by Gasteiger charge is -2.30. The van der Waals surface area contributed by atoms with Crippen molar-refractivity contribution in [2.24, 2.45) is 0 Å². The van der Waals surface area contributed by atoms with Crippen LogP contribution in [0.15, 0.2) is 104 Å². The highest BCUT2D eigenvalue weighted by Crippen LogP contribution is 2.37. The monoisotopic (exact) mass is 881 g/mol. The van der Waals surface area contributed by atoms with Crippen molar-refractivity contribution < 1.29 is 17.0 Å². The number of hydrogen-bond donors (Lipinski definition) is 2. The van der Waals surface area contributed by atoms with E-state index in [-0.39, 0.29) is 17.0 Å². The van der Waals surface area contributed by atoms with Gasteiger partial charge < -0.3 is 27.2 Å². The SMILES string of the molecule is C1CCNCC1.Cc1ccc(I)c(C)c1.Cc1ccc(Sc2ccccc2N2CCCCC2)c(C)c1.Sc1ccccc1Br.[Br-]. The number of para-hydroxylation sites is 1. The number of hydrogen-bond acceptors (Lipinski definition) is 4. The fraction of sp³-hybridized carbons (Fsp3) is 0.368. The normalized spacial score (nSPS) is 13.9. The Bertz CT molecular complexity index is 1390. The van der Waals surface area contributed by atoms with Crippen molar-refractivity contribution in [3.05, 3.63) is 115 Å². The Morgan fingerprint density at radius 3 is 1.78 bits per heavy atom. The van der Waals surface area contributed by atoms with Crippen molar-refractivity contribution >= 4 is 68.6 Å². The predicted molar refractivity (Wildman–Crippen MR) is 209 cm³/mol. The molecule has 45 heavy (non-hydrogen) atoms. The second-order valence-electron chi connectivity index (χ2n) is 11.4. The summed E-state index contributed by atoms with van der Waals surface area (Å²) in [5, 5.41) is 3.28. The van der Waals surface area contributed by atoms with E-state index in [1.165, 1.54) is 106 Å². The molecule has 2 saturated heterocycles. The first kappa shape index (κ1) is 40.2. The van der Waals surface area contributed by atoms with Gasteiger partial charge in [0.25, 0.3) is 0 Å². The van der Waals surface area contributed by atoms with Crippen LogP contribution in [0.3, 0.4) is 0 Å². The number of benzene rings is 4. The number of nitrogens with one attached hydrogen (secondary N) is 1. The van der Waals surface area contributed by atoms with Gasteiger partial charge in [0.05, 0.1) is 5.69 Å². The zero-order valence-electron chi connectivity index (χ0n) is 27.1. The molecule has 0 radical (unpaired) electrons. The van der Waals surface area contributed by atoms with Gasteiger partial charge in [-0.2, -0.15) is 0 Å². The lowest BCUT2D eigenvalue weighted by atomic mass is 10.1. The summed E-state index contributed by atoms with van der Waals surface area (Å²) in [7, 11) is 0. The topological polar surface area (TPSA) is 15.3 Å². The van der Waals surface area contributed by atoms with Gasteiger partial charge in [0, 0.05) is 35.8 Å². The molecular formula is C38H48Br2IN2S2-. The van der Waals surface area contributed by atoms with Crippen molar-refractivity contribution in [2.45, 2.75) is 80.9 Å². The maximum atomic E-state index is 4.15. The molecule has 244 valence electrons. The Balaban J connectivity index is 0.000000242. The Morgan fingerprint density at radius 1 is 0.689 bits per heavy atom. The molecule has 7 heteroatoms. The molecule has 4 aromatic carbocycles. The predicted octanol–water partition coefficient (Wildman–Crippen LogP) is 8.85. The Labute approximate surface area is 315 Å². The molecule has 1 N–H and O–H groups in total. The Morgan fingerprint density at radius 2 is 1.27 bits per heavy atom. The van der Waals surface area contributed by atoms with Crippen molar-refractivity contribution in [1.82, 2.24) is 5.32 Å². The number of piperidine rings is 2. The van der Waals surface area contributed by atoms with E-state index in [9.17, 15) is 0 Å². The van der Waals surface area contributed by atoms with E-state index in [4.69, 9.17) is 0 Å². The maximum absolute atomic E-state index is 4.15. The minimum atomic E-state index is 0. The quantitative estimate of drug-likeness (QED) is 0.158. The summed E-state index contributed by atoms with van der Waals surface area (Å²) in [6, 6.07) is 29.9. The van der Waals surface area contributed by atoms with E-state index < -0.39 is 0 Å². The van der Waals surface area contributed by atoms with Gasteiger partial charge >= 0.3 is 0 Å². The first-order chi connectivity index (χ1) is 21.2. The van der Waals surface area contributed by atoms with Gasteiger partial charge in [-0.15, -0.1) is 12.6 Å². The van der Waals surface area contributed by atoms with Crippen molar-refractivity contribution in [2.75, 3.05) is 31.1 Å². The number of thiol groups is 1. The van der Waals surface area contributed by atoms with Crippen molar-refractivity contribution in [3.8, 4) is 0 Å². The van der Waals surface area contributed by atoms with E-state index >= 15 is 0 Å². The van der Waals surface area contributed by atoms with Crippen molar-refractivity contribution in [3.63, 3.8) is 0 Å². The van der Waals surface area contributed by atoms with Crippen LogP contribution in [0, 0.1) is 31.3 Å². The molecule has 6 rings (SSSR count). The van der Waals surface area contributed by atoms with Crippen LogP contribution in [0.5, 0.6) is 0 Å². The summed E-state index contributed by atoms with van der Waals surface area (Å²) in [5.41, 5.74) is 6.82. The third-order valence-corrected chi connectivity index (χ3v) is 11.3. The van der Waals surface area contributed by atoms with Gasteiger partial charge in [0.15, 0.2) is 0 Å². The summed E-state index contributed by atoms with van der Waals surface area (Å²) < 4.78 is 2.39. The zero-order chi connectivity index (χ0) is 31.7. The summed E-state index contributed by atoms with van der Waals surface area (Å²) in [6.45, 7) is 13.5. The van der Waals surface area contributed by atoms with Crippen LogP contribution in [-0.2, 0) is 0 Å². The lowest BCUT2D eigenvalue weighted by Crippen LogP contribution is -3.00. The van der Waals surface area contributed by atoms with E-state index in [0.29, 0.717) is 0 Å². The molecule has 2 aliphatic rings. The summed E-state index contributed by atoms with van der Waals surface area (Å²) in [4.78, 5) is 6.28. The summed E-state index contributed by atoms with van der Waals surface area (Å²) >= 11 is 11.7. The first-order valence-corrected chi connectivity index (χ1v) is 18.8. The lowest BCUT2D eigenvalue weighted by molar-refractivity contribution is -0.00000889. The third kappa shape index (κ3) is 15.2. The van der Waals surface area contributed by atoms with Gasteiger partial charge in [-0.05, 0) is 159 Å². The molecule has 2 fully saturated rings. The highest BCUT2D eigenvalue weighted by atomic mass is 127. The molecule has 4 aromatic rings. The second kappa shape index (κ2) is 22.6. The molecule has 0 spiro atoms. The molecule has 0 atom stereocenters. The molecule has 2 nitrogen and oxygen atoms in total. The van der Waals surface area contributed by atoms with Crippen LogP contribution in [0.25, 0.3) is 0 Å². The van der Waals surface area contributed by atoms with Crippen LogP contribution >= 0.6 is 62.9 Å². The minimum absolute atomic E-state index is 0. The molecule has 0 aliphatic carbocycles. The molecule has 2 heterocycles. The average Bonchev–Trinajstić information content (AvgIpc) is 3.04. The smallest absolute Gasteiger partial charge is 0.0508 e. The maximum Gasteiger partial charge on any atom is 0.0508 e. The number of aryl methyl sites for hydroxylation is 4. The third-order valence-electron chi connectivity index (χ3n) is 7.49. The van der Waals surface area contributed by atoms with Crippen LogP contribution in [0.4, 0.5) is 5.69 Å². The molecular weight excluding hydrogens is 835 g/mol. The van der Waals surface area contributed by atoms with Gasteiger partial charge in [0.1, 0.15) is 0 Å². The molecule has 0 aromatic heterocycles. The van der Waals surface area contributed by atoms with Crippen LogP contribution in [0.1, 0.15) is 60.8 Å². The highest BCUT2D eigenvalue weighted by Gasteiger charge is 2.15. The van der Waals surface area contributed by atoms with Crippen molar-refractivity contribution in [1.29, 1.82) is 0 Å². The number of anilines is 1. The Kier molecular flexibility index (Phi) is 20.2. The highest BCUT2D eigenvalue weighted by molar-refractivity contribution is 14.1. The van der Waals surface area contributed by atoms with Crippen LogP contribution in [-0.4, -0.2) is 26.2 Å². The van der Waals surface area contributed by atoms with Gasteiger partial charge in [-0.3, -0.25) is 0 Å². The summed E-state index contributed by atoms with van der Waals surface area (Å²) in [5.74, 6) is 0. The fourth-order valence-corrected chi connectivity index (χ4v) is 6.84. The fourth-order valence-electron chi connectivity index (χ4n) is 5.02. The minimum Gasteiger partial charge on any atom is -1.00 e. The van der Waals surface area contributed by atoms with E-state index in [1.54, 1.807) is 0 Å². The van der Waals surface area contributed by atoms with Gasteiger partial charge in [0.2, 0.25) is 0 Å². The molecule has 0 saturated carbocycles. The number of halogens is 3. The number of rotatable bonds is 3. The average molecular weight is 884 g/mol. The first-order valence-electron chi connectivity index (χ1n) is 15.7. The molecule has 0 unspecified atom stereocenters. The number of nitrogens with zero attached hydrogens (tertiary/aromatic N) is 1. The largest absolute Gasteiger partial charge is 1.00 e. The Hall–Kier alpha value is -0.970.